The van der Waals surface area contributed by atoms with E-state index in [1.165, 1.54) is 6.26 Å². The lowest BCUT2D eigenvalue weighted by atomic mass is 10.1. The first kappa shape index (κ1) is 13.4. The van der Waals surface area contributed by atoms with Crippen LogP contribution in [-0.2, 0) is 10.2 Å². The van der Waals surface area contributed by atoms with Crippen molar-refractivity contribution >= 4 is 21.7 Å². The largest absolute Gasteiger partial charge is 0.464 e. The Morgan fingerprint density at radius 1 is 1.42 bits per heavy atom. The summed E-state index contributed by atoms with van der Waals surface area (Å²) in [4.78, 5) is 0. The number of nitrogens with one attached hydrogen (secondary N) is 1. The predicted octanol–water partition coefficient (Wildman–Crippen LogP) is 0.304. The molecular weight excluding hydrogens is 268 g/mol. The molecule has 2 rings (SSSR count). The Hall–Kier alpha value is -2.06. The zero-order chi connectivity index (χ0) is 13.9. The van der Waals surface area contributed by atoms with E-state index in [1.807, 2.05) is 0 Å². The number of fused-ring (bicyclic) bond motifs is 1. The number of amidine groups is 1. The average Bonchev–Trinajstić information content (AvgIpc) is 2.32. The van der Waals surface area contributed by atoms with Crippen molar-refractivity contribution in [3.8, 4) is 5.75 Å². The average molecular weight is 282 g/mol. The normalized spacial score (nSPS) is 16.6. The Kier molecular flexibility index (Phi) is 3.72. The minimum atomic E-state index is -3.77. The molecule has 7 nitrogen and oxygen atoms in total. The number of nitrogens with two attached hydrogens (primary N) is 2. The molecule has 0 unspecified atom stereocenters. The number of benzene rings is 1. The fourth-order valence-electron chi connectivity index (χ4n) is 1.60. The molecule has 0 atom stereocenters. The number of hydrogen-bond acceptors (Lipinski definition) is 5. The first-order valence-corrected chi connectivity index (χ1v) is 7.01. The minimum Gasteiger partial charge on any atom is -0.464 e. The van der Waals surface area contributed by atoms with Gasteiger partial charge in [0.05, 0.1) is 17.5 Å². The molecule has 5 N–H and O–H groups in total. The van der Waals surface area contributed by atoms with Crippen LogP contribution in [0.2, 0.25) is 0 Å². The number of ether oxygens (including phenoxy) is 1. The van der Waals surface area contributed by atoms with Crippen molar-refractivity contribution in [2.24, 2.45) is 15.9 Å². The van der Waals surface area contributed by atoms with Gasteiger partial charge in [0, 0.05) is 0 Å². The van der Waals surface area contributed by atoms with Gasteiger partial charge in [-0.2, -0.15) is 8.42 Å². The molecule has 0 aliphatic carbocycles. The summed E-state index contributed by atoms with van der Waals surface area (Å²) in [6, 6.07) is 4.92. The van der Waals surface area contributed by atoms with Crippen LogP contribution in [0.4, 0.5) is 5.69 Å². The smallest absolute Gasteiger partial charge is 0.344 e. The van der Waals surface area contributed by atoms with Crippen molar-refractivity contribution in [3.05, 3.63) is 36.1 Å². The van der Waals surface area contributed by atoms with Crippen LogP contribution in [0.5, 0.6) is 5.75 Å². The first-order chi connectivity index (χ1) is 9.03. The van der Waals surface area contributed by atoms with E-state index in [2.05, 4.69) is 9.12 Å². The summed E-state index contributed by atoms with van der Waals surface area (Å²) in [7, 11) is -3.77. The minimum absolute atomic E-state index is 0.100. The summed E-state index contributed by atoms with van der Waals surface area (Å²) in [6.45, 7) is 0.524. The van der Waals surface area contributed by atoms with E-state index in [-0.39, 0.29) is 5.84 Å². The van der Waals surface area contributed by atoms with Crippen LogP contribution in [-0.4, -0.2) is 20.8 Å². The monoisotopic (exact) mass is 282 g/mol. The second kappa shape index (κ2) is 5.29. The molecule has 1 aromatic rings. The van der Waals surface area contributed by atoms with E-state index in [0.717, 1.165) is 0 Å². The molecule has 0 bridgehead atoms. The third-order valence-corrected chi connectivity index (χ3v) is 3.28. The second-order valence-corrected chi connectivity index (χ2v) is 5.14. The summed E-state index contributed by atoms with van der Waals surface area (Å²) in [5.74, 6) is 0.325. The number of hydrogen-bond donors (Lipinski definition) is 3. The van der Waals surface area contributed by atoms with Crippen molar-refractivity contribution in [2.75, 3.05) is 11.3 Å². The van der Waals surface area contributed by atoms with Crippen LogP contribution >= 0.6 is 0 Å². The van der Waals surface area contributed by atoms with E-state index >= 15 is 0 Å². The quantitative estimate of drug-likeness (QED) is 0.686. The van der Waals surface area contributed by atoms with Crippen molar-refractivity contribution in [1.82, 2.24) is 0 Å². The highest BCUT2D eigenvalue weighted by Gasteiger charge is 2.23. The van der Waals surface area contributed by atoms with Crippen molar-refractivity contribution < 1.29 is 13.2 Å². The molecule has 0 aromatic heterocycles. The van der Waals surface area contributed by atoms with Gasteiger partial charge in [-0.1, -0.05) is 6.07 Å². The summed E-state index contributed by atoms with van der Waals surface area (Å²) < 4.78 is 33.9. The van der Waals surface area contributed by atoms with E-state index in [4.69, 9.17) is 16.2 Å². The lowest BCUT2D eigenvalue weighted by molar-refractivity contribution is 0.478. The Labute approximate surface area is 111 Å². The molecule has 0 radical (unpaired) electrons. The van der Waals surface area contributed by atoms with E-state index in [0.29, 0.717) is 30.0 Å². The molecule has 1 aliphatic rings. The topological polar surface area (TPSA) is 120 Å². The third-order valence-electron chi connectivity index (χ3n) is 2.36. The number of anilines is 1. The Bertz CT molecular complexity index is 637. The maximum Gasteiger partial charge on any atom is 0.344 e. The maximum atomic E-state index is 11.4. The van der Waals surface area contributed by atoms with Crippen LogP contribution in [0.15, 0.2) is 34.9 Å². The predicted molar refractivity (Wildman–Crippen MR) is 73.1 cm³/mol. The van der Waals surface area contributed by atoms with Crippen molar-refractivity contribution in [1.29, 1.82) is 0 Å². The van der Waals surface area contributed by atoms with Gasteiger partial charge in [-0.15, -0.1) is 4.40 Å². The fraction of sp³-hybridized carbons (Fsp3) is 0.182. The molecular formula is C11H14N4O3S. The lowest BCUT2D eigenvalue weighted by Gasteiger charge is -2.17. The van der Waals surface area contributed by atoms with Gasteiger partial charge in [0.1, 0.15) is 5.75 Å². The highest BCUT2D eigenvalue weighted by molar-refractivity contribution is 7.91. The van der Waals surface area contributed by atoms with Crippen molar-refractivity contribution in [2.45, 2.75) is 6.42 Å². The molecule has 0 spiro atoms. The van der Waals surface area contributed by atoms with Gasteiger partial charge in [0.25, 0.3) is 0 Å². The molecule has 0 amide bonds. The lowest BCUT2D eigenvalue weighted by Crippen LogP contribution is -2.26. The fourth-order valence-corrected chi connectivity index (χ4v) is 2.45. The van der Waals surface area contributed by atoms with Gasteiger partial charge in [0.2, 0.25) is 0 Å². The molecule has 1 aliphatic heterocycles. The van der Waals surface area contributed by atoms with E-state index in [9.17, 15) is 8.42 Å². The third kappa shape index (κ3) is 3.04. The van der Waals surface area contributed by atoms with Gasteiger partial charge in [0.15, 0.2) is 5.84 Å². The molecule has 0 fully saturated rings. The zero-order valence-electron chi connectivity index (χ0n) is 10.0. The molecule has 0 saturated carbocycles. The Morgan fingerprint density at radius 2 is 2.21 bits per heavy atom. The number of nitrogens with zero attached hydrogens (tertiary/aromatic N) is 1. The molecule has 102 valence electrons. The second-order valence-electron chi connectivity index (χ2n) is 3.80. The molecule has 0 saturated heterocycles. The SMILES string of the molecule is NCC/C=C/Oc1cccc2c1C(N)=NS(=O)(=O)N2. The summed E-state index contributed by atoms with van der Waals surface area (Å²) in [5.41, 5.74) is 11.8. The maximum absolute atomic E-state index is 11.4. The zero-order valence-corrected chi connectivity index (χ0v) is 10.9. The van der Waals surface area contributed by atoms with Crippen LogP contribution in [0.1, 0.15) is 12.0 Å². The van der Waals surface area contributed by atoms with Gasteiger partial charge >= 0.3 is 10.2 Å². The number of rotatable bonds is 4. The van der Waals surface area contributed by atoms with Gasteiger partial charge in [-0.25, -0.2) is 0 Å². The van der Waals surface area contributed by atoms with E-state index in [1.54, 1.807) is 24.3 Å². The molecule has 19 heavy (non-hydrogen) atoms. The first-order valence-electron chi connectivity index (χ1n) is 5.57. The van der Waals surface area contributed by atoms with Crippen LogP contribution in [0.25, 0.3) is 0 Å². The highest BCUT2D eigenvalue weighted by atomic mass is 32.2. The molecule has 8 heteroatoms. The Balaban J connectivity index is 2.34. The van der Waals surface area contributed by atoms with Gasteiger partial charge < -0.3 is 16.2 Å². The standard InChI is InChI=1S/C11H14N4O3S/c12-6-1-2-7-18-9-5-3-4-8-10(9)11(13)15-19(16,17)14-8/h2-5,7,14H,1,6,12H2,(H2,13,15)/b7-2+. The molecule has 1 aromatic carbocycles. The summed E-state index contributed by atoms with van der Waals surface area (Å²) in [5, 5.41) is 0. The van der Waals surface area contributed by atoms with Crippen LogP contribution in [0, 0.1) is 0 Å². The Morgan fingerprint density at radius 3 is 2.95 bits per heavy atom. The van der Waals surface area contributed by atoms with Crippen LogP contribution in [0.3, 0.4) is 0 Å². The van der Waals surface area contributed by atoms with Crippen LogP contribution < -0.4 is 20.9 Å². The molecule has 1 heterocycles. The van der Waals surface area contributed by atoms with Gasteiger partial charge in [-0.3, -0.25) is 4.72 Å². The summed E-state index contributed by atoms with van der Waals surface area (Å²) in [6.07, 6.45) is 3.93. The highest BCUT2D eigenvalue weighted by Crippen LogP contribution is 2.30. The van der Waals surface area contributed by atoms with E-state index < -0.39 is 10.2 Å². The summed E-state index contributed by atoms with van der Waals surface area (Å²) >= 11 is 0. The van der Waals surface area contributed by atoms with Crippen molar-refractivity contribution in [3.63, 3.8) is 0 Å². The van der Waals surface area contributed by atoms with Gasteiger partial charge in [-0.05, 0) is 31.2 Å².